The van der Waals surface area contributed by atoms with Crippen LogP contribution in [0, 0.1) is 11.3 Å². The SMILES string of the molecule is [3H]OC(=O)NCC(C)(C)CC(C)C. The van der Waals surface area contributed by atoms with E-state index in [1.54, 1.807) is 0 Å². The molecule has 3 heteroatoms. The molecule has 0 unspecified atom stereocenters. The first-order chi connectivity index (χ1) is 5.87. The third-order valence-electron chi connectivity index (χ3n) is 1.67. The number of amides is 1. The number of nitrogens with one attached hydrogen (secondary N) is 1. The van der Waals surface area contributed by atoms with E-state index in [4.69, 9.17) is 1.43 Å². The van der Waals surface area contributed by atoms with Crippen LogP contribution in [0.15, 0.2) is 0 Å². The van der Waals surface area contributed by atoms with E-state index < -0.39 is 6.09 Å². The zero-order valence-electron chi connectivity index (χ0n) is 9.31. The van der Waals surface area contributed by atoms with Crippen LogP contribution in [0.3, 0.4) is 0 Å². The van der Waals surface area contributed by atoms with Gasteiger partial charge in [-0.3, -0.25) is 0 Å². The summed E-state index contributed by atoms with van der Waals surface area (Å²) in [6.07, 6.45) is 0.350. The van der Waals surface area contributed by atoms with Crippen molar-refractivity contribution in [3.8, 4) is 0 Å². The summed E-state index contributed by atoms with van der Waals surface area (Å²) in [5, 5.41) is 6.28. The van der Waals surface area contributed by atoms with Crippen LogP contribution >= 0.6 is 0 Å². The number of carboxylic acid groups (broad SMARTS) is 1. The Bertz CT molecular complexity index is 169. The molecular formula is C9H19NO2. The fraction of sp³-hybridized carbons (Fsp3) is 0.889. The largest absolute Gasteiger partial charge is 0.465 e. The van der Waals surface area contributed by atoms with Crippen molar-refractivity contribution >= 4 is 6.09 Å². The van der Waals surface area contributed by atoms with Gasteiger partial charge < -0.3 is 10.4 Å². The lowest BCUT2D eigenvalue weighted by atomic mass is 9.84. The molecule has 0 aliphatic heterocycles. The molecule has 0 fully saturated rings. The van der Waals surface area contributed by atoms with Gasteiger partial charge in [0.05, 0.1) is 0 Å². The van der Waals surface area contributed by atoms with E-state index in [1.165, 1.54) is 0 Å². The highest BCUT2D eigenvalue weighted by Gasteiger charge is 2.19. The quantitative estimate of drug-likeness (QED) is 0.689. The minimum Gasteiger partial charge on any atom is -0.465 e. The van der Waals surface area contributed by atoms with Gasteiger partial charge in [-0.1, -0.05) is 27.7 Å². The van der Waals surface area contributed by atoms with Crippen LogP contribution in [-0.4, -0.2) is 17.7 Å². The second kappa shape index (κ2) is 4.33. The van der Waals surface area contributed by atoms with E-state index in [-0.39, 0.29) is 5.41 Å². The molecule has 0 aliphatic rings. The van der Waals surface area contributed by atoms with Gasteiger partial charge in [0, 0.05) is 6.54 Å². The minimum atomic E-state index is -0.683. The number of hydrogen-bond acceptors (Lipinski definition) is 2. The lowest BCUT2D eigenvalue weighted by Gasteiger charge is -2.26. The van der Waals surface area contributed by atoms with Crippen LogP contribution in [0.1, 0.15) is 34.1 Å². The second-order valence-electron chi connectivity index (χ2n) is 4.40. The Balaban J connectivity index is 3.81. The molecule has 0 aromatic rings. The maximum absolute atomic E-state index is 10.6. The molecule has 0 bridgehead atoms. The van der Waals surface area contributed by atoms with Gasteiger partial charge in [-0.2, -0.15) is 0 Å². The molecule has 0 saturated heterocycles. The summed E-state index contributed by atoms with van der Waals surface area (Å²) in [6.45, 7) is 8.99. The maximum atomic E-state index is 10.6. The van der Waals surface area contributed by atoms with Crippen LogP contribution in [0.4, 0.5) is 4.79 Å². The van der Waals surface area contributed by atoms with Gasteiger partial charge in [0.25, 0.3) is 1.43 Å². The Hall–Kier alpha value is -0.730. The average Bonchev–Trinajstić information content (AvgIpc) is 1.98. The molecule has 0 heterocycles. The smallest absolute Gasteiger partial charge is 0.404 e. The number of rotatable bonds is 4. The van der Waals surface area contributed by atoms with Crippen LogP contribution in [0.25, 0.3) is 1.43 Å². The highest BCUT2D eigenvalue weighted by Crippen LogP contribution is 2.23. The lowest BCUT2D eigenvalue weighted by Crippen LogP contribution is -2.33. The molecule has 72 valence electrons. The van der Waals surface area contributed by atoms with E-state index in [0.717, 1.165) is 6.42 Å². The average molecular weight is 175 g/mol. The van der Waals surface area contributed by atoms with E-state index in [0.29, 0.717) is 12.5 Å². The van der Waals surface area contributed by atoms with Gasteiger partial charge in [-0.05, 0) is 17.8 Å². The normalized spacial score (nSPS) is 12.6. The van der Waals surface area contributed by atoms with Crippen molar-refractivity contribution in [3.63, 3.8) is 0 Å². The van der Waals surface area contributed by atoms with Crippen molar-refractivity contribution in [2.45, 2.75) is 34.1 Å². The first-order valence-corrected chi connectivity index (χ1v) is 4.28. The van der Waals surface area contributed by atoms with Crippen LogP contribution < -0.4 is 5.32 Å². The molecule has 0 aliphatic carbocycles. The third-order valence-corrected chi connectivity index (χ3v) is 1.67. The van der Waals surface area contributed by atoms with E-state index in [1.807, 2.05) is 0 Å². The molecule has 0 radical (unpaired) electrons. The van der Waals surface area contributed by atoms with Crippen molar-refractivity contribution in [1.29, 1.82) is 1.43 Å². The summed E-state index contributed by atoms with van der Waals surface area (Å²) in [5.74, 6) is 0.601. The van der Waals surface area contributed by atoms with Crippen molar-refractivity contribution in [2.75, 3.05) is 6.54 Å². The summed E-state index contributed by atoms with van der Waals surface area (Å²) in [7, 11) is 0. The van der Waals surface area contributed by atoms with Crippen molar-refractivity contribution in [3.05, 3.63) is 0 Å². The van der Waals surface area contributed by atoms with Gasteiger partial charge in [0.1, 0.15) is 0 Å². The molecule has 3 nitrogen and oxygen atoms in total. The van der Waals surface area contributed by atoms with Gasteiger partial charge in [-0.25, -0.2) is 4.79 Å². The fourth-order valence-corrected chi connectivity index (χ4v) is 1.49. The van der Waals surface area contributed by atoms with Crippen molar-refractivity contribution in [2.24, 2.45) is 11.3 Å². The van der Waals surface area contributed by atoms with Gasteiger partial charge >= 0.3 is 6.09 Å². The Morgan fingerprint density at radius 2 is 2.25 bits per heavy atom. The summed E-state index contributed by atoms with van der Waals surface area (Å²) < 4.78 is 6.35. The van der Waals surface area contributed by atoms with Crippen LogP contribution in [0.2, 0.25) is 0 Å². The minimum absolute atomic E-state index is 0.0579. The monoisotopic (exact) mass is 175 g/mol. The van der Waals surface area contributed by atoms with Crippen LogP contribution in [0.5, 0.6) is 0 Å². The van der Waals surface area contributed by atoms with E-state index >= 15 is 0 Å². The maximum Gasteiger partial charge on any atom is 0.404 e. The third kappa shape index (κ3) is 6.01. The Morgan fingerprint density at radius 1 is 1.67 bits per heavy atom. The standard InChI is InChI=1S/C9H19NO2/c1-7(2)5-9(3,4)6-10-8(11)12/h7,10H,5-6H2,1-4H3,(H,11,12)/i/hT. The predicted molar refractivity (Wildman–Crippen MR) is 49.3 cm³/mol. The summed E-state index contributed by atoms with van der Waals surface area (Å²) in [6, 6.07) is 0. The molecular weight excluding hydrogens is 154 g/mol. The molecule has 2 N–H and O–H groups in total. The Morgan fingerprint density at radius 3 is 2.67 bits per heavy atom. The first kappa shape index (κ1) is 9.36. The molecule has 0 atom stereocenters. The molecule has 0 rings (SSSR count). The Labute approximate surface area is 75.7 Å². The summed E-state index contributed by atoms with van der Waals surface area (Å²) in [5.41, 5.74) is 0.0579. The molecule has 1 amide bonds. The zero-order valence-corrected chi connectivity index (χ0v) is 8.31. The molecule has 12 heavy (non-hydrogen) atoms. The fourth-order valence-electron chi connectivity index (χ4n) is 1.49. The van der Waals surface area contributed by atoms with Crippen LogP contribution in [-0.2, 0) is 0 Å². The number of hydrogen-bond donors (Lipinski definition) is 2. The molecule has 0 spiro atoms. The second-order valence-corrected chi connectivity index (χ2v) is 4.40. The first-order valence-electron chi connectivity index (χ1n) is 4.69. The number of carbonyl (C=O) groups is 1. The van der Waals surface area contributed by atoms with Gasteiger partial charge in [-0.15, -0.1) is 0 Å². The molecule has 0 aromatic heterocycles. The molecule has 0 saturated carbocycles. The summed E-state index contributed by atoms with van der Waals surface area (Å²) in [4.78, 5) is 10.6. The van der Waals surface area contributed by atoms with Gasteiger partial charge in [0.2, 0.25) is 0 Å². The highest BCUT2D eigenvalue weighted by atomic mass is 16.4. The van der Waals surface area contributed by atoms with E-state index in [9.17, 15) is 4.79 Å². The Kier molecular flexibility index (Phi) is 3.38. The predicted octanol–water partition coefficient (Wildman–Crippen LogP) is 2.33. The summed E-state index contributed by atoms with van der Waals surface area (Å²) >= 11 is 0. The lowest BCUT2D eigenvalue weighted by molar-refractivity contribution is 0.184. The molecule has 0 aromatic carbocycles. The van der Waals surface area contributed by atoms with Crippen molar-refractivity contribution in [1.82, 2.24) is 5.32 Å². The highest BCUT2D eigenvalue weighted by molar-refractivity contribution is 5.64. The van der Waals surface area contributed by atoms with E-state index in [2.05, 4.69) is 38.1 Å². The van der Waals surface area contributed by atoms with Crippen molar-refractivity contribution < 1.29 is 9.90 Å². The van der Waals surface area contributed by atoms with Gasteiger partial charge in [0.15, 0.2) is 0 Å². The topological polar surface area (TPSA) is 49.3 Å². The zero-order chi connectivity index (χ0) is 10.5.